The van der Waals surface area contributed by atoms with Gasteiger partial charge in [-0.3, -0.25) is 4.98 Å². The van der Waals surface area contributed by atoms with Crippen LogP contribution in [0.2, 0.25) is 0 Å². The Labute approximate surface area is 102 Å². The maximum Gasteiger partial charge on any atom is 0.348 e. The smallest absolute Gasteiger partial charge is 0.348 e. The lowest BCUT2D eigenvalue weighted by Gasteiger charge is -2.11. The monoisotopic (exact) mass is 252 g/mol. The summed E-state index contributed by atoms with van der Waals surface area (Å²) in [5.41, 5.74) is 1.29. The Kier molecular flexibility index (Phi) is 2.89. The molecular weight excluding hydrogens is 240 g/mol. The summed E-state index contributed by atoms with van der Waals surface area (Å²) < 4.78 is 5.97. The molecule has 0 aliphatic carbocycles. The van der Waals surface area contributed by atoms with E-state index in [2.05, 4.69) is 4.98 Å². The van der Waals surface area contributed by atoms with E-state index in [1.807, 2.05) is 0 Å². The number of aromatic carboxylic acids is 1. The van der Waals surface area contributed by atoms with Crippen LogP contribution in [-0.2, 0) is 0 Å². The van der Waals surface area contributed by atoms with E-state index < -0.39 is 5.97 Å². The maximum absolute atomic E-state index is 11.2. The average molecular weight is 252 g/mol. The second-order valence-corrected chi connectivity index (χ2v) is 4.69. The van der Waals surface area contributed by atoms with E-state index in [0.29, 0.717) is 17.0 Å². The first-order chi connectivity index (χ1) is 8.06. The highest BCUT2D eigenvalue weighted by atomic mass is 32.1. The maximum atomic E-state index is 11.2. The second-order valence-electron chi connectivity index (χ2n) is 3.67. The Morgan fingerprint density at radius 1 is 1.53 bits per heavy atom. The minimum absolute atomic E-state index is 0.280. The number of thiophene rings is 1. The summed E-state index contributed by atoms with van der Waals surface area (Å²) in [7, 11) is 5.16. The number of nitrogens with zero attached hydrogens (tertiary/aromatic N) is 2. The molecule has 0 saturated heterocycles. The zero-order chi connectivity index (χ0) is 12.6. The van der Waals surface area contributed by atoms with Gasteiger partial charge in [-0.1, -0.05) is 0 Å². The van der Waals surface area contributed by atoms with Crippen LogP contribution >= 0.6 is 11.3 Å². The number of carboxylic acids is 1. The number of anilines is 1. The third kappa shape index (κ3) is 1.80. The van der Waals surface area contributed by atoms with Gasteiger partial charge in [-0.15, -0.1) is 11.3 Å². The molecule has 2 aromatic heterocycles. The van der Waals surface area contributed by atoms with Crippen LogP contribution < -0.4 is 9.64 Å². The van der Waals surface area contributed by atoms with Crippen molar-refractivity contribution in [1.29, 1.82) is 0 Å². The second kappa shape index (κ2) is 4.21. The van der Waals surface area contributed by atoms with Crippen LogP contribution in [0.5, 0.6) is 5.75 Å². The first kappa shape index (κ1) is 11.7. The lowest BCUT2D eigenvalue weighted by atomic mass is 10.3. The molecule has 6 heteroatoms. The van der Waals surface area contributed by atoms with Crippen molar-refractivity contribution in [2.75, 3.05) is 26.1 Å². The van der Waals surface area contributed by atoms with Crippen molar-refractivity contribution >= 4 is 33.2 Å². The third-order valence-electron chi connectivity index (χ3n) is 2.37. The van der Waals surface area contributed by atoms with Crippen molar-refractivity contribution in [2.45, 2.75) is 0 Å². The van der Waals surface area contributed by atoms with E-state index in [4.69, 9.17) is 4.74 Å². The Balaban J connectivity index is 2.83. The standard InChI is InChI=1S/C11H12N2O3S/c1-13(2)8-7-9(17-10(8)11(14)15)6(16-3)4-5-12-7/h4-5H,1-3H3,(H,14,15). The highest BCUT2D eigenvalue weighted by molar-refractivity contribution is 7.21. The summed E-state index contributed by atoms with van der Waals surface area (Å²) in [6.07, 6.45) is 1.62. The Morgan fingerprint density at radius 2 is 2.24 bits per heavy atom. The van der Waals surface area contributed by atoms with Crippen LogP contribution in [0.3, 0.4) is 0 Å². The molecule has 0 saturated carbocycles. The van der Waals surface area contributed by atoms with E-state index >= 15 is 0 Å². The van der Waals surface area contributed by atoms with Gasteiger partial charge in [-0.2, -0.15) is 0 Å². The Morgan fingerprint density at radius 3 is 2.76 bits per heavy atom. The van der Waals surface area contributed by atoms with Crippen LogP contribution in [0, 0.1) is 0 Å². The molecule has 0 aliphatic heterocycles. The first-order valence-electron chi connectivity index (χ1n) is 4.92. The van der Waals surface area contributed by atoms with Crippen molar-refractivity contribution in [2.24, 2.45) is 0 Å². The number of carboxylic acid groups (broad SMARTS) is 1. The number of carbonyl (C=O) groups is 1. The predicted molar refractivity (Wildman–Crippen MR) is 67.5 cm³/mol. The van der Waals surface area contributed by atoms with Gasteiger partial charge in [0, 0.05) is 20.3 Å². The van der Waals surface area contributed by atoms with E-state index in [1.54, 1.807) is 38.4 Å². The van der Waals surface area contributed by atoms with Gasteiger partial charge in [-0.25, -0.2) is 4.79 Å². The fourth-order valence-corrected chi connectivity index (χ4v) is 2.84. The zero-order valence-electron chi connectivity index (χ0n) is 9.72. The molecule has 0 radical (unpaired) electrons. The molecule has 0 bridgehead atoms. The van der Waals surface area contributed by atoms with Crippen molar-refractivity contribution in [3.8, 4) is 5.75 Å². The summed E-state index contributed by atoms with van der Waals surface area (Å²) in [6.45, 7) is 0. The molecule has 2 rings (SSSR count). The van der Waals surface area contributed by atoms with E-state index in [-0.39, 0.29) is 4.88 Å². The SMILES string of the molecule is COc1ccnc2c(N(C)C)c(C(=O)O)sc12. The zero-order valence-corrected chi connectivity index (χ0v) is 10.5. The molecule has 0 unspecified atom stereocenters. The summed E-state index contributed by atoms with van der Waals surface area (Å²) in [6, 6.07) is 1.73. The largest absolute Gasteiger partial charge is 0.495 e. The molecular formula is C11H12N2O3S. The molecule has 0 atom stereocenters. The number of hydrogen-bond donors (Lipinski definition) is 1. The van der Waals surface area contributed by atoms with Crippen molar-refractivity contribution in [3.05, 3.63) is 17.1 Å². The molecule has 17 heavy (non-hydrogen) atoms. The van der Waals surface area contributed by atoms with Crippen LogP contribution in [0.25, 0.3) is 10.2 Å². The lowest BCUT2D eigenvalue weighted by Crippen LogP contribution is -2.12. The van der Waals surface area contributed by atoms with Crippen LogP contribution in [0.15, 0.2) is 12.3 Å². The molecule has 0 fully saturated rings. The quantitative estimate of drug-likeness (QED) is 0.906. The fraction of sp³-hybridized carbons (Fsp3) is 0.273. The van der Waals surface area contributed by atoms with Gasteiger partial charge in [0.1, 0.15) is 16.1 Å². The van der Waals surface area contributed by atoms with Gasteiger partial charge >= 0.3 is 5.97 Å². The third-order valence-corrected chi connectivity index (χ3v) is 3.54. The van der Waals surface area contributed by atoms with Crippen LogP contribution in [0.4, 0.5) is 5.69 Å². The summed E-state index contributed by atoms with van der Waals surface area (Å²) in [5, 5.41) is 9.19. The predicted octanol–water partition coefficient (Wildman–Crippen LogP) is 2.07. The molecule has 0 aliphatic rings. The minimum Gasteiger partial charge on any atom is -0.495 e. The van der Waals surface area contributed by atoms with Gasteiger partial charge in [0.15, 0.2) is 0 Å². The van der Waals surface area contributed by atoms with Gasteiger partial charge in [0.25, 0.3) is 0 Å². The van der Waals surface area contributed by atoms with Gasteiger partial charge in [0.2, 0.25) is 0 Å². The minimum atomic E-state index is -0.946. The molecule has 1 N–H and O–H groups in total. The summed E-state index contributed by atoms with van der Waals surface area (Å²) in [5.74, 6) is -0.297. The number of aromatic nitrogens is 1. The Bertz CT molecular complexity index is 577. The van der Waals surface area contributed by atoms with E-state index in [1.165, 1.54) is 11.3 Å². The molecule has 5 nitrogen and oxygen atoms in total. The van der Waals surface area contributed by atoms with Gasteiger partial charge in [0.05, 0.1) is 17.5 Å². The number of hydrogen-bond acceptors (Lipinski definition) is 5. The number of methoxy groups -OCH3 is 1. The van der Waals surface area contributed by atoms with Gasteiger partial charge < -0.3 is 14.7 Å². The number of fused-ring (bicyclic) bond motifs is 1. The molecule has 2 heterocycles. The highest BCUT2D eigenvalue weighted by Gasteiger charge is 2.22. The molecule has 2 aromatic rings. The van der Waals surface area contributed by atoms with E-state index in [0.717, 1.165) is 4.70 Å². The number of rotatable bonds is 3. The number of pyridine rings is 1. The van der Waals surface area contributed by atoms with Crippen LogP contribution in [-0.4, -0.2) is 37.3 Å². The molecule has 0 spiro atoms. The topological polar surface area (TPSA) is 62.7 Å². The number of ether oxygens (including phenoxy) is 1. The summed E-state index contributed by atoms with van der Waals surface area (Å²) in [4.78, 5) is 17.5. The van der Waals surface area contributed by atoms with E-state index in [9.17, 15) is 9.90 Å². The molecule has 0 aromatic carbocycles. The summed E-state index contributed by atoms with van der Waals surface area (Å²) >= 11 is 1.18. The van der Waals surface area contributed by atoms with Crippen molar-refractivity contribution in [3.63, 3.8) is 0 Å². The normalized spacial score (nSPS) is 10.5. The van der Waals surface area contributed by atoms with Gasteiger partial charge in [-0.05, 0) is 6.07 Å². The molecule has 90 valence electrons. The molecule has 0 amide bonds. The van der Waals surface area contributed by atoms with Crippen LogP contribution in [0.1, 0.15) is 9.67 Å². The fourth-order valence-electron chi connectivity index (χ4n) is 1.68. The lowest BCUT2D eigenvalue weighted by molar-refractivity contribution is 0.0703. The Hall–Kier alpha value is -1.82. The van der Waals surface area contributed by atoms with Crippen molar-refractivity contribution < 1.29 is 14.6 Å². The van der Waals surface area contributed by atoms with Crippen molar-refractivity contribution in [1.82, 2.24) is 4.98 Å². The highest BCUT2D eigenvalue weighted by Crippen LogP contribution is 2.40. The first-order valence-corrected chi connectivity index (χ1v) is 5.74. The average Bonchev–Trinajstić information content (AvgIpc) is 2.67.